The Balaban J connectivity index is 1.71. The van der Waals surface area contributed by atoms with E-state index in [-0.39, 0.29) is 17.2 Å². The fraction of sp³-hybridized carbons (Fsp3) is 0.296. The number of methoxy groups -OCH3 is 4. The molecular weight excluding hydrogens is 496 g/mol. The number of ether oxygens (including phenoxy) is 4. The van der Waals surface area contributed by atoms with Crippen molar-refractivity contribution in [3.05, 3.63) is 77.9 Å². The molecule has 0 aliphatic heterocycles. The number of rotatable bonds is 13. The third-order valence-corrected chi connectivity index (χ3v) is 7.25. The molecule has 0 saturated heterocycles. The molecule has 3 aromatic carbocycles. The Morgan fingerprint density at radius 2 is 1.38 bits per heavy atom. The van der Waals surface area contributed by atoms with Crippen molar-refractivity contribution in [1.29, 1.82) is 0 Å². The van der Waals surface area contributed by atoms with Crippen molar-refractivity contribution >= 4 is 15.9 Å². The molecule has 3 rings (SSSR count). The zero-order valence-corrected chi connectivity index (χ0v) is 22.1. The summed E-state index contributed by atoms with van der Waals surface area (Å²) in [4.78, 5) is 12.9. The monoisotopic (exact) mass is 528 g/mol. The van der Waals surface area contributed by atoms with Gasteiger partial charge in [-0.05, 0) is 66.1 Å². The van der Waals surface area contributed by atoms with Crippen LogP contribution < -0.4 is 29.0 Å². The number of hydrogen-bond acceptors (Lipinski definition) is 7. The van der Waals surface area contributed by atoms with Crippen LogP contribution in [0.15, 0.2) is 71.6 Å². The second kappa shape index (κ2) is 13.0. The van der Waals surface area contributed by atoms with Crippen molar-refractivity contribution in [3.63, 3.8) is 0 Å². The standard InChI is InChI=1S/C27H32N2O7S/c1-33-21-8-6-20(7-9-21)24(29-37(31,32)23-12-10-22(34-2)11-13-23)18-27(30)28-16-15-19-5-14-25(35-3)26(17-19)36-4/h5-14,17,24,29H,15-16,18H2,1-4H3,(H,28,30). The van der Waals surface area contributed by atoms with Gasteiger partial charge in [-0.25, -0.2) is 13.1 Å². The Morgan fingerprint density at radius 1 is 0.784 bits per heavy atom. The Hall–Kier alpha value is -3.76. The van der Waals surface area contributed by atoms with Crippen molar-refractivity contribution in [2.45, 2.75) is 23.8 Å². The lowest BCUT2D eigenvalue weighted by atomic mass is 10.0. The van der Waals surface area contributed by atoms with Gasteiger partial charge < -0.3 is 24.3 Å². The Bertz CT molecular complexity index is 1280. The van der Waals surface area contributed by atoms with Crippen LogP contribution in [-0.4, -0.2) is 49.3 Å². The molecule has 0 aliphatic rings. The van der Waals surface area contributed by atoms with Crippen LogP contribution in [0.4, 0.5) is 0 Å². The van der Waals surface area contributed by atoms with Crippen LogP contribution >= 0.6 is 0 Å². The van der Waals surface area contributed by atoms with E-state index in [9.17, 15) is 13.2 Å². The second-order valence-electron chi connectivity index (χ2n) is 8.12. The highest BCUT2D eigenvalue weighted by molar-refractivity contribution is 7.89. The average Bonchev–Trinajstić information content (AvgIpc) is 2.92. The maximum Gasteiger partial charge on any atom is 0.241 e. The van der Waals surface area contributed by atoms with Crippen molar-refractivity contribution in [3.8, 4) is 23.0 Å². The third kappa shape index (κ3) is 7.61. The van der Waals surface area contributed by atoms with Gasteiger partial charge in [-0.3, -0.25) is 4.79 Å². The second-order valence-corrected chi connectivity index (χ2v) is 9.83. The van der Waals surface area contributed by atoms with Gasteiger partial charge in [0.25, 0.3) is 0 Å². The summed E-state index contributed by atoms with van der Waals surface area (Å²) >= 11 is 0. The van der Waals surface area contributed by atoms with Crippen LogP contribution in [0, 0.1) is 0 Å². The molecular formula is C27H32N2O7S. The predicted molar refractivity (Wildman–Crippen MR) is 140 cm³/mol. The maximum atomic E-state index is 13.1. The van der Waals surface area contributed by atoms with Crippen LogP contribution in [0.25, 0.3) is 0 Å². The molecule has 2 N–H and O–H groups in total. The number of sulfonamides is 1. The molecule has 0 heterocycles. The molecule has 10 heteroatoms. The molecule has 1 unspecified atom stereocenters. The summed E-state index contributed by atoms with van der Waals surface area (Å²) in [6.45, 7) is 0.370. The zero-order valence-electron chi connectivity index (χ0n) is 21.3. The number of benzene rings is 3. The van der Waals surface area contributed by atoms with E-state index in [0.29, 0.717) is 41.5 Å². The molecule has 37 heavy (non-hydrogen) atoms. The zero-order chi connectivity index (χ0) is 26.8. The number of carbonyl (C=O) groups excluding carboxylic acids is 1. The van der Waals surface area contributed by atoms with Gasteiger partial charge in [-0.15, -0.1) is 0 Å². The van der Waals surface area contributed by atoms with Gasteiger partial charge in [-0.1, -0.05) is 18.2 Å². The first-order valence-electron chi connectivity index (χ1n) is 11.6. The Kier molecular flexibility index (Phi) is 9.76. The van der Waals surface area contributed by atoms with E-state index in [2.05, 4.69) is 10.0 Å². The summed E-state index contributed by atoms with van der Waals surface area (Å²) in [5, 5.41) is 2.87. The first kappa shape index (κ1) is 27.8. The molecule has 9 nitrogen and oxygen atoms in total. The SMILES string of the molecule is COc1ccc(C(CC(=O)NCCc2ccc(OC)c(OC)c2)NS(=O)(=O)c2ccc(OC)cc2)cc1. The van der Waals surface area contributed by atoms with Crippen LogP contribution in [-0.2, 0) is 21.2 Å². The predicted octanol–water partition coefficient (Wildman–Crippen LogP) is 3.49. The van der Waals surface area contributed by atoms with E-state index >= 15 is 0 Å². The van der Waals surface area contributed by atoms with Crippen molar-refractivity contribution < 1.29 is 32.2 Å². The summed E-state index contributed by atoms with van der Waals surface area (Å²) in [5.74, 6) is 2.11. The number of carbonyl (C=O) groups is 1. The lowest BCUT2D eigenvalue weighted by molar-refractivity contribution is -0.121. The quantitative estimate of drug-likeness (QED) is 0.349. The minimum atomic E-state index is -3.91. The van der Waals surface area contributed by atoms with Crippen molar-refractivity contribution in [2.24, 2.45) is 0 Å². The fourth-order valence-electron chi connectivity index (χ4n) is 3.71. The molecule has 0 fully saturated rings. The Morgan fingerprint density at radius 3 is 1.95 bits per heavy atom. The van der Waals surface area contributed by atoms with Gasteiger partial charge in [-0.2, -0.15) is 0 Å². The van der Waals surface area contributed by atoms with E-state index in [0.717, 1.165) is 5.56 Å². The summed E-state index contributed by atoms with van der Waals surface area (Å²) in [5.41, 5.74) is 1.60. The van der Waals surface area contributed by atoms with Crippen LogP contribution in [0.5, 0.6) is 23.0 Å². The van der Waals surface area contributed by atoms with Gasteiger partial charge in [0.15, 0.2) is 11.5 Å². The summed E-state index contributed by atoms with van der Waals surface area (Å²) in [7, 11) is 2.27. The molecule has 1 amide bonds. The van der Waals surface area contributed by atoms with E-state index < -0.39 is 16.1 Å². The maximum absolute atomic E-state index is 13.1. The first-order valence-corrected chi connectivity index (χ1v) is 13.1. The number of amides is 1. The lowest BCUT2D eigenvalue weighted by Crippen LogP contribution is -2.34. The highest BCUT2D eigenvalue weighted by Gasteiger charge is 2.24. The summed E-state index contributed by atoms with van der Waals surface area (Å²) in [6, 6.07) is 17.7. The third-order valence-electron chi connectivity index (χ3n) is 5.76. The molecule has 3 aromatic rings. The average molecular weight is 529 g/mol. The minimum absolute atomic E-state index is 0.0701. The van der Waals surface area contributed by atoms with E-state index in [4.69, 9.17) is 18.9 Å². The molecule has 0 radical (unpaired) electrons. The molecule has 0 saturated carbocycles. The van der Waals surface area contributed by atoms with Gasteiger partial charge in [0.2, 0.25) is 15.9 Å². The molecule has 0 aromatic heterocycles. The first-order chi connectivity index (χ1) is 17.8. The van der Waals surface area contributed by atoms with E-state index in [1.807, 2.05) is 18.2 Å². The molecule has 1 atom stereocenters. The van der Waals surface area contributed by atoms with Crippen LogP contribution in [0.1, 0.15) is 23.6 Å². The van der Waals surface area contributed by atoms with Crippen LogP contribution in [0.2, 0.25) is 0 Å². The van der Waals surface area contributed by atoms with Gasteiger partial charge in [0.1, 0.15) is 11.5 Å². The van der Waals surface area contributed by atoms with E-state index in [1.54, 1.807) is 57.7 Å². The smallest absolute Gasteiger partial charge is 0.241 e. The van der Waals surface area contributed by atoms with Crippen molar-refractivity contribution in [1.82, 2.24) is 10.0 Å². The highest BCUT2D eigenvalue weighted by Crippen LogP contribution is 2.28. The van der Waals surface area contributed by atoms with Crippen LogP contribution in [0.3, 0.4) is 0 Å². The normalized spacial score (nSPS) is 11.9. The molecule has 0 bridgehead atoms. The lowest BCUT2D eigenvalue weighted by Gasteiger charge is -2.20. The van der Waals surface area contributed by atoms with Gasteiger partial charge in [0.05, 0.1) is 39.4 Å². The largest absolute Gasteiger partial charge is 0.497 e. The topological polar surface area (TPSA) is 112 Å². The summed E-state index contributed by atoms with van der Waals surface area (Å²) in [6.07, 6.45) is 0.477. The number of hydrogen-bond donors (Lipinski definition) is 2. The molecule has 0 spiro atoms. The summed E-state index contributed by atoms with van der Waals surface area (Å²) < 4.78 is 49.8. The number of nitrogens with one attached hydrogen (secondary N) is 2. The molecule has 198 valence electrons. The fourth-order valence-corrected chi connectivity index (χ4v) is 4.94. The van der Waals surface area contributed by atoms with E-state index in [1.165, 1.54) is 19.2 Å². The minimum Gasteiger partial charge on any atom is -0.497 e. The Labute approximate surface area is 217 Å². The van der Waals surface area contributed by atoms with Gasteiger partial charge in [0, 0.05) is 13.0 Å². The van der Waals surface area contributed by atoms with Gasteiger partial charge >= 0.3 is 0 Å². The van der Waals surface area contributed by atoms with Crippen molar-refractivity contribution in [2.75, 3.05) is 35.0 Å². The molecule has 0 aliphatic carbocycles. The highest BCUT2D eigenvalue weighted by atomic mass is 32.2.